The van der Waals surface area contributed by atoms with Crippen molar-refractivity contribution in [3.63, 3.8) is 0 Å². The van der Waals surface area contributed by atoms with Crippen LogP contribution < -0.4 is 0 Å². The summed E-state index contributed by atoms with van der Waals surface area (Å²) in [4.78, 5) is 41.6. The van der Waals surface area contributed by atoms with Gasteiger partial charge in [-0.1, -0.05) is 19.3 Å². The molecule has 0 aromatic carbocycles. The van der Waals surface area contributed by atoms with Crippen LogP contribution in [0.25, 0.3) is 0 Å². The molecule has 6 nitrogen and oxygen atoms in total. The first-order chi connectivity index (χ1) is 11.7. The molecule has 2 heterocycles. The molecule has 6 heteroatoms. The number of rotatable bonds is 3. The van der Waals surface area contributed by atoms with Gasteiger partial charge in [-0.2, -0.15) is 0 Å². The van der Waals surface area contributed by atoms with Gasteiger partial charge in [-0.25, -0.2) is 0 Å². The second-order valence-corrected chi connectivity index (χ2v) is 7.40. The second kappa shape index (κ2) is 7.99. The van der Waals surface area contributed by atoms with Crippen molar-refractivity contribution in [3.05, 3.63) is 0 Å². The van der Waals surface area contributed by atoms with E-state index >= 15 is 0 Å². The van der Waals surface area contributed by atoms with Gasteiger partial charge in [0.2, 0.25) is 18.2 Å². The third-order valence-corrected chi connectivity index (χ3v) is 5.89. The van der Waals surface area contributed by atoms with Crippen molar-refractivity contribution in [1.29, 1.82) is 0 Å². The summed E-state index contributed by atoms with van der Waals surface area (Å²) in [5, 5.41) is 0. The first-order valence-electron chi connectivity index (χ1n) is 9.46. The summed E-state index contributed by atoms with van der Waals surface area (Å²) >= 11 is 0. The van der Waals surface area contributed by atoms with E-state index in [1.807, 2.05) is 9.80 Å². The average Bonchev–Trinajstić information content (AvgIpc) is 2.68. The Bertz CT molecular complexity index is 460. The molecule has 24 heavy (non-hydrogen) atoms. The maximum atomic E-state index is 12.6. The first kappa shape index (κ1) is 17.2. The van der Waals surface area contributed by atoms with Crippen molar-refractivity contribution < 1.29 is 14.4 Å². The molecule has 0 aromatic rings. The van der Waals surface area contributed by atoms with Crippen LogP contribution >= 0.6 is 0 Å². The number of carbonyl (C=O) groups is 3. The minimum Gasteiger partial charge on any atom is -0.342 e. The van der Waals surface area contributed by atoms with Gasteiger partial charge in [0.15, 0.2) is 0 Å². The molecule has 0 spiro atoms. The van der Waals surface area contributed by atoms with Crippen molar-refractivity contribution in [2.75, 3.05) is 39.3 Å². The van der Waals surface area contributed by atoms with Crippen LogP contribution in [-0.2, 0) is 14.4 Å². The van der Waals surface area contributed by atoms with E-state index in [4.69, 9.17) is 0 Å². The highest BCUT2D eigenvalue weighted by molar-refractivity contribution is 5.81. The molecule has 0 unspecified atom stereocenters. The Morgan fingerprint density at radius 2 is 1.17 bits per heavy atom. The van der Waals surface area contributed by atoms with Crippen LogP contribution in [0, 0.1) is 11.8 Å². The monoisotopic (exact) mass is 335 g/mol. The maximum Gasteiger partial charge on any atom is 0.225 e. The number of nitrogens with zero attached hydrogens (tertiary/aromatic N) is 3. The minimum absolute atomic E-state index is 0.0446. The number of amides is 3. The second-order valence-electron chi connectivity index (χ2n) is 7.40. The van der Waals surface area contributed by atoms with E-state index in [-0.39, 0.29) is 17.7 Å². The average molecular weight is 335 g/mol. The van der Waals surface area contributed by atoms with Gasteiger partial charge in [-0.15, -0.1) is 0 Å². The molecule has 0 N–H and O–H groups in total. The van der Waals surface area contributed by atoms with E-state index in [2.05, 4.69) is 0 Å². The lowest BCUT2D eigenvalue weighted by molar-refractivity contribution is -0.144. The summed E-state index contributed by atoms with van der Waals surface area (Å²) in [5.41, 5.74) is 0. The van der Waals surface area contributed by atoms with Gasteiger partial charge in [0.05, 0.1) is 0 Å². The number of hydrogen-bond acceptors (Lipinski definition) is 3. The van der Waals surface area contributed by atoms with Crippen LogP contribution in [0.1, 0.15) is 44.9 Å². The Hall–Kier alpha value is -1.59. The van der Waals surface area contributed by atoms with Gasteiger partial charge < -0.3 is 14.7 Å². The van der Waals surface area contributed by atoms with Crippen LogP contribution in [0.15, 0.2) is 0 Å². The molecule has 2 aliphatic heterocycles. The lowest BCUT2D eigenvalue weighted by Crippen LogP contribution is -2.51. The van der Waals surface area contributed by atoms with Gasteiger partial charge in [0, 0.05) is 51.1 Å². The van der Waals surface area contributed by atoms with E-state index in [9.17, 15) is 14.4 Å². The smallest absolute Gasteiger partial charge is 0.225 e. The molecule has 0 aromatic heterocycles. The van der Waals surface area contributed by atoms with Crippen molar-refractivity contribution in [1.82, 2.24) is 14.7 Å². The summed E-state index contributed by atoms with van der Waals surface area (Å²) in [7, 11) is 0. The van der Waals surface area contributed by atoms with Crippen LogP contribution in [-0.4, -0.2) is 72.2 Å². The quantitative estimate of drug-likeness (QED) is 0.726. The molecular weight excluding hydrogens is 306 g/mol. The molecule has 3 fully saturated rings. The summed E-state index contributed by atoms with van der Waals surface area (Å²) in [6.07, 6.45) is 8.12. The third-order valence-electron chi connectivity index (χ3n) is 5.89. The fourth-order valence-electron chi connectivity index (χ4n) is 4.26. The molecule has 0 atom stereocenters. The highest BCUT2D eigenvalue weighted by atomic mass is 16.2. The van der Waals surface area contributed by atoms with Crippen LogP contribution in [0.3, 0.4) is 0 Å². The van der Waals surface area contributed by atoms with Gasteiger partial charge in [-0.3, -0.25) is 14.4 Å². The lowest BCUT2D eigenvalue weighted by atomic mass is 9.87. The topological polar surface area (TPSA) is 60.9 Å². The number of hydrogen-bond donors (Lipinski definition) is 0. The van der Waals surface area contributed by atoms with Crippen LogP contribution in [0.4, 0.5) is 0 Å². The van der Waals surface area contributed by atoms with Crippen molar-refractivity contribution >= 4 is 18.2 Å². The number of carbonyl (C=O) groups excluding carboxylic acids is 3. The highest BCUT2D eigenvalue weighted by Crippen LogP contribution is 2.28. The summed E-state index contributed by atoms with van der Waals surface area (Å²) < 4.78 is 0. The predicted molar refractivity (Wildman–Crippen MR) is 90.1 cm³/mol. The number of likely N-dealkylation sites (tertiary alicyclic amines) is 1. The molecule has 2 saturated heterocycles. The Balaban J connectivity index is 1.45. The number of piperazine rings is 1. The van der Waals surface area contributed by atoms with Gasteiger partial charge >= 0.3 is 0 Å². The van der Waals surface area contributed by atoms with Gasteiger partial charge in [0.25, 0.3) is 0 Å². The molecule has 1 aliphatic carbocycles. The maximum absolute atomic E-state index is 12.6. The van der Waals surface area contributed by atoms with E-state index in [1.165, 1.54) is 19.3 Å². The predicted octanol–water partition coefficient (Wildman–Crippen LogP) is 1.11. The van der Waals surface area contributed by atoms with Crippen LogP contribution in [0.5, 0.6) is 0 Å². The molecule has 3 amide bonds. The zero-order valence-corrected chi connectivity index (χ0v) is 14.5. The molecule has 0 bridgehead atoms. The summed E-state index contributed by atoms with van der Waals surface area (Å²) in [6, 6.07) is 0. The Morgan fingerprint density at radius 3 is 1.71 bits per heavy atom. The van der Waals surface area contributed by atoms with Gasteiger partial charge in [-0.05, 0) is 25.7 Å². The van der Waals surface area contributed by atoms with E-state index in [0.29, 0.717) is 32.1 Å². The van der Waals surface area contributed by atoms with E-state index in [1.54, 1.807) is 4.90 Å². The molecule has 3 aliphatic rings. The zero-order valence-electron chi connectivity index (χ0n) is 14.5. The Morgan fingerprint density at radius 1 is 0.667 bits per heavy atom. The lowest BCUT2D eigenvalue weighted by Gasteiger charge is -2.38. The Labute approximate surface area is 144 Å². The van der Waals surface area contributed by atoms with Crippen LogP contribution in [0.2, 0.25) is 0 Å². The van der Waals surface area contributed by atoms with Gasteiger partial charge in [0.1, 0.15) is 0 Å². The zero-order chi connectivity index (χ0) is 16.9. The number of piperidine rings is 1. The summed E-state index contributed by atoms with van der Waals surface area (Å²) in [6.45, 7) is 3.99. The third kappa shape index (κ3) is 3.90. The standard InChI is InChI=1S/C18H29N3O3/c22-14-19-10-12-21(13-11-19)18(24)16-6-8-20(9-7-16)17(23)15-4-2-1-3-5-15/h14-16H,1-13H2. The van der Waals surface area contributed by atoms with E-state index in [0.717, 1.165) is 45.2 Å². The summed E-state index contributed by atoms with van der Waals surface area (Å²) in [5.74, 6) is 0.802. The van der Waals surface area contributed by atoms with Crippen molar-refractivity contribution in [3.8, 4) is 0 Å². The minimum atomic E-state index is 0.0446. The van der Waals surface area contributed by atoms with Crippen molar-refractivity contribution in [2.24, 2.45) is 11.8 Å². The first-order valence-corrected chi connectivity index (χ1v) is 9.46. The molecule has 1 saturated carbocycles. The Kier molecular flexibility index (Phi) is 5.74. The molecule has 3 rings (SSSR count). The highest BCUT2D eigenvalue weighted by Gasteiger charge is 2.33. The SMILES string of the molecule is O=CN1CCN(C(=O)C2CCN(C(=O)C3CCCCC3)CC2)CC1. The van der Waals surface area contributed by atoms with E-state index < -0.39 is 0 Å². The fourth-order valence-corrected chi connectivity index (χ4v) is 4.26. The molecule has 0 radical (unpaired) electrons. The molecular formula is C18H29N3O3. The fraction of sp³-hybridized carbons (Fsp3) is 0.833. The largest absolute Gasteiger partial charge is 0.342 e. The van der Waals surface area contributed by atoms with Crippen molar-refractivity contribution in [2.45, 2.75) is 44.9 Å². The normalized spacial score (nSPS) is 24.1. The molecule has 134 valence electrons.